The number of ether oxygens (including phenoxy) is 1. The fraction of sp³-hybridized carbons (Fsp3) is 0.588. The molecule has 1 aromatic carbocycles. The Bertz CT molecular complexity index is 499. The van der Waals surface area contributed by atoms with Crippen LogP contribution < -0.4 is 10.1 Å². The van der Waals surface area contributed by atoms with Crippen molar-refractivity contribution in [1.29, 1.82) is 0 Å². The van der Waals surface area contributed by atoms with E-state index in [9.17, 15) is 4.79 Å². The normalized spacial score (nSPS) is 20.3. The fourth-order valence-corrected chi connectivity index (χ4v) is 3.08. The van der Waals surface area contributed by atoms with Gasteiger partial charge in [-0.1, -0.05) is 18.2 Å². The van der Waals surface area contributed by atoms with E-state index in [1.165, 1.54) is 0 Å². The minimum atomic E-state index is 0. The van der Waals surface area contributed by atoms with Crippen LogP contribution in [0.1, 0.15) is 31.2 Å². The summed E-state index contributed by atoms with van der Waals surface area (Å²) < 4.78 is 5.41. The monoisotopic (exact) mass is 324 g/mol. The molecule has 4 nitrogen and oxygen atoms in total. The van der Waals surface area contributed by atoms with E-state index >= 15 is 0 Å². The summed E-state index contributed by atoms with van der Waals surface area (Å²) in [5, 5.41) is 3.34. The fourth-order valence-electron chi connectivity index (χ4n) is 3.08. The molecule has 5 heteroatoms. The first-order chi connectivity index (χ1) is 10.3. The number of hydrogen-bond acceptors (Lipinski definition) is 3. The highest BCUT2D eigenvalue weighted by Crippen LogP contribution is 2.31. The predicted octanol–water partition coefficient (Wildman–Crippen LogP) is 2.61. The molecule has 1 aliphatic heterocycles. The Labute approximate surface area is 138 Å². The quantitative estimate of drug-likeness (QED) is 0.874. The topological polar surface area (TPSA) is 41.6 Å². The Hall–Kier alpha value is -1.26. The standard InChI is InChI=1S/C17H24N2O2.ClH/c1-21-16-5-3-2-4-14(16)12-19(15-6-7-15)17(20)10-13-8-9-18-11-13;/h2-5,13,15,18H,6-12H2,1H3;1H. The van der Waals surface area contributed by atoms with Crippen LogP contribution in [0.3, 0.4) is 0 Å². The van der Waals surface area contributed by atoms with Crippen LogP contribution in [0, 0.1) is 5.92 Å². The summed E-state index contributed by atoms with van der Waals surface area (Å²) >= 11 is 0. The molecule has 0 spiro atoms. The molecule has 2 aliphatic rings. The second-order valence-corrected chi connectivity index (χ2v) is 6.13. The Kier molecular flexibility index (Phi) is 6.09. The first-order valence-electron chi connectivity index (χ1n) is 7.90. The molecule has 1 aromatic rings. The zero-order chi connectivity index (χ0) is 14.7. The Morgan fingerprint density at radius 1 is 1.32 bits per heavy atom. The van der Waals surface area contributed by atoms with E-state index in [0.717, 1.165) is 43.7 Å². The van der Waals surface area contributed by atoms with Gasteiger partial charge in [-0.05, 0) is 44.3 Å². The minimum absolute atomic E-state index is 0. The van der Waals surface area contributed by atoms with E-state index in [-0.39, 0.29) is 12.4 Å². The summed E-state index contributed by atoms with van der Waals surface area (Å²) in [6, 6.07) is 8.44. The van der Waals surface area contributed by atoms with E-state index in [1.54, 1.807) is 7.11 Å². The van der Waals surface area contributed by atoms with Crippen LogP contribution in [0.25, 0.3) is 0 Å². The van der Waals surface area contributed by atoms with E-state index < -0.39 is 0 Å². The summed E-state index contributed by atoms with van der Waals surface area (Å²) in [5.74, 6) is 1.69. The molecule has 0 radical (unpaired) electrons. The minimum Gasteiger partial charge on any atom is -0.496 e. The first-order valence-corrected chi connectivity index (χ1v) is 7.90. The molecule has 22 heavy (non-hydrogen) atoms. The van der Waals surface area contributed by atoms with Crippen molar-refractivity contribution < 1.29 is 9.53 Å². The molecule has 3 rings (SSSR count). The molecule has 122 valence electrons. The van der Waals surface area contributed by atoms with Gasteiger partial charge in [0, 0.05) is 24.6 Å². The molecule has 0 bridgehead atoms. The lowest BCUT2D eigenvalue weighted by molar-refractivity contribution is -0.133. The van der Waals surface area contributed by atoms with Gasteiger partial charge < -0.3 is 15.0 Å². The van der Waals surface area contributed by atoms with Crippen LogP contribution >= 0.6 is 12.4 Å². The highest BCUT2D eigenvalue weighted by atomic mass is 35.5. The van der Waals surface area contributed by atoms with Crippen molar-refractivity contribution in [2.45, 2.75) is 38.3 Å². The number of nitrogens with one attached hydrogen (secondary N) is 1. The number of para-hydroxylation sites is 1. The van der Waals surface area contributed by atoms with Crippen molar-refractivity contribution in [3.05, 3.63) is 29.8 Å². The van der Waals surface area contributed by atoms with Gasteiger partial charge in [0.05, 0.1) is 7.11 Å². The number of nitrogens with zero attached hydrogens (tertiary/aromatic N) is 1. The molecule has 1 aliphatic carbocycles. The third kappa shape index (κ3) is 4.14. The summed E-state index contributed by atoms with van der Waals surface area (Å²) in [5.41, 5.74) is 1.10. The number of carbonyl (C=O) groups is 1. The summed E-state index contributed by atoms with van der Waals surface area (Å²) in [4.78, 5) is 14.7. The maximum absolute atomic E-state index is 12.6. The number of rotatable bonds is 6. The lowest BCUT2D eigenvalue weighted by atomic mass is 10.0. The Balaban J connectivity index is 0.00000176. The maximum atomic E-state index is 12.6. The second-order valence-electron chi connectivity index (χ2n) is 6.13. The van der Waals surface area contributed by atoms with Gasteiger partial charge >= 0.3 is 0 Å². The van der Waals surface area contributed by atoms with Crippen LogP contribution in [-0.4, -0.2) is 37.0 Å². The molecule has 1 saturated carbocycles. The maximum Gasteiger partial charge on any atom is 0.223 e. The highest BCUT2D eigenvalue weighted by molar-refractivity contribution is 5.85. The summed E-state index contributed by atoms with van der Waals surface area (Å²) in [6.45, 7) is 2.71. The number of hydrogen-bond donors (Lipinski definition) is 1. The van der Waals surface area contributed by atoms with Gasteiger partial charge in [-0.25, -0.2) is 0 Å². The number of halogens is 1. The second kappa shape index (κ2) is 7.84. The van der Waals surface area contributed by atoms with Gasteiger partial charge in [-0.15, -0.1) is 12.4 Å². The molecule has 0 aromatic heterocycles. The third-order valence-corrected chi connectivity index (χ3v) is 4.47. The van der Waals surface area contributed by atoms with Crippen LogP contribution in [0.4, 0.5) is 0 Å². The average molecular weight is 325 g/mol. The largest absolute Gasteiger partial charge is 0.496 e. The molecular weight excluding hydrogens is 300 g/mol. The van der Waals surface area contributed by atoms with Gasteiger partial charge in [0.25, 0.3) is 0 Å². The van der Waals surface area contributed by atoms with Gasteiger partial charge in [0.15, 0.2) is 0 Å². The van der Waals surface area contributed by atoms with Crippen molar-refractivity contribution in [3.63, 3.8) is 0 Å². The van der Waals surface area contributed by atoms with E-state index in [2.05, 4.69) is 16.3 Å². The lowest BCUT2D eigenvalue weighted by Gasteiger charge is -2.25. The van der Waals surface area contributed by atoms with Gasteiger partial charge in [-0.3, -0.25) is 4.79 Å². The van der Waals surface area contributed by atoms with Crippen molar-refractivity contribution in [2.75, 3.05) is 20.2 Å². The van der Waals surface area contributed by atoms with Gasteiger partial charge in [0.1, 0.15) is 5.75 Å². The molecule has 1 N–H and O–H groups in total. The average Bonchev–Trinajstić information content (AvgIpc) is 3.22. The molecular formula is C17H25ClN2O2. The van der Waals surface area contributed by atoms with E-state index in [4.69, 9.17) is 4.74 Å². The van der Waals surface area contributed by atoms with Crippen molar-refractivity contribution in [1.82, 2.24) is 10.2 Å². The molecule has 1 unspecified atom stereocenters. The SMILES string of the molecule is COc1ccccc1CN(C(=O)CC1CCNC1)C1CC1.Cl. The van der Waals surface area contributed by atoms with Crippen molar-refractivity contribution in [2.24, 2.45) is 5.92 Å². The number of benzene rings is 1. The summed E-state index contributed by atoms with van der Waals surface area (Å²) in [6.07, 6.45) is 4.09. The molecule has 2 fully saturated rings. The highest BCUT2D eigenvalue weighted by Gasteiger charge is 2.34. The zero-order valence-electron chi connectivity index (χ0n) is 13.1. The van der Waals surface area contributed by atoms with Crippen LogP contribution in [-0.2, 0) is 11.3 Å². The molecule has 1 amide bonds. The number of amides is 1. The summed E-state index contributed by atoms with van der Waals surface area (Å²) in [7, 11) is 1.69. The van der Waals surface area contributed by atoms with Crippen LogP contribution in [0.15, 0.2) is 24.3 Å². The van der Waals surface area contributed by atoms with E-state index in [1.807, 2.05) is 18.2 Å². The predicted molar refractivity (Wildman–Crippen MR) is 89.4 cm³/mol. The molecule has 1 saturated heterocycles. The Morgan fingerprint density at radius 2 is 2.09 bits per heavy atom. The van der Waals surface area contributed by atoms with E-state index in [0.29, 0.717) is 30.8 Å². The van der Waals surface area contributed by atoms with Crippen molar-refractivity contribution >= 4 is 18.3 Å². The van der Waals surface area contributed by atoms with Crippen LogP contribution in [0.5, 0.6) is 5.75 Å². The first kappa shape index (κ1) is 17.1. The van der Waals surface area contributed by atoms with Crippen LogP contribution in [0.2, 0.25) is 0 Å². The van der Waals surface area contributed by atoms with Crippen molar-refractivity contribution in [3.8, 4) is 5.75 Å². The number of carbonyl (C=O) groups excluding carboxylic acids is 1. The zero-order valence-corrected chi connectivity index (χ0v) is 13.9. The third-order valence-electron chi connectivity index (χ3n) is 4.47. The Morgan fingerprint density at radius 3 is 2.73 bits per heavy atom. The molecule has 1 heterocycles. The van der Waals surface area contributed by atoms with Gasteiger partial charge in [0.2, 0.25) is 5.91 Å². The smallest absolute Gasteiger partial charge is 0.223 e. The molecule has 1 atom stereocenters. The lowest BCUT2D eigenvalue weighted by Crippen LogP contribution is -2.34. The number of methoxy groups -OCH3 is 1. The van der Waals surface area contributed by atoms with Gasteiger partial charge in [-0.2, -0.15) is 0 Å².